The molecule has 0 aliphatic carbocycles. The van der Waals surface area contributed by atoms with Gasteiger partial charge in [-0.1, -0.05) is 52.4 Å². The molecule has 1 N–H and O–H groups in total. The van der Waals surface area contributed by atoms with E-state index >= 15 is 0 Å². The van der Waals surface area contributed by atoms with E-state index in [-0.39, 0.29) is 0 Å². The van der Waals surface area contributed by atoms with Crippen LogP contribution in [-0.4, -0.2) is 36.6 Å². The lowest BCUT2D eigenvalue weighted by Crippen LogP contribution is -2.46. The first-order valence-corrected chi connectivity index (χ1v) is 9.25. The minimum Gasteiger partial charge on any atom is -0.313 e. The molecular formula is C18H38N2. The van der Waals surface area contributed by atoms with Gasteiger partial charge in [0.1, 0.15) is 0 Å². The lowest BCUT2D eigenvalue weighted by Gasteiger charge is -2.34. The van der Waals surface area contributed by atoms with Gasteiger partial charge in [0.15, 0.2) is 0 Å². The number of hydrogen-bond donors (Lipinski definition) is 1. The summed E-state index contributed by atoms with van der Waals surface area (Å²) >= 11 is 0. The van der Waals surface area contributed by atoms with E-state index in [1.807, 2.05) is 0 Å². The second kappa shape index (κ2) is 11.6. The Morgan fingerprint density at radius 2 is 1.85 bits per heavy atom. The van der Waals surface area contributed by atoms with E-state index in [1.165, 1.54) is 83.8 Å². The molecule has 120 valence electrons. The Morgan fingerprint density at radius 1 is 1.05 bits per heavy atom. The van der Waals surface area contributed by atoms with Gasteiger partial charge in [-0.2, -0.15) is 0 Å². The van der Waals surface area contributed by atoms with Gasteiger partial charge in [-0.3, -0.25) is 4.90 Å². The molecule has 0 bridgehead atoms. The van der Waals surface area contributed by atoms with Crippen molar-refractivity contribution in [2.45, 2.75) is 97.1 Å². The van der Waals surface area contributed by atoms with E-state index in [0.29, 0.717) is 0 Å². The third-order valence-electron chi connectivity index (χ3n) is 4.73. The second-order valence-electron chi connectivity index (χ2n) is 6.69. The molecule has 0 spiro atoms. The average molecular weight is 283 g/mol. The molecule has 0 amide bonds. The minimum atomic E-state index is 0.748. The molecule has 0 saturated carbocycles. The largest absolute Gasteiger partial charge is 0.313 e. The van der Waals surface area contributed by atoms with Crippen molar-refractivity contribution in [3.63, 3.8) is 0 Å². The Hall–Kier alpha value is -0.0800. The fourth-order valence-corrected chi connectivity index (χ4v) is 3.37. The van der Waals surface area contributed by atoms with E-state index < -0.39 is 0 Å². The fraction of sp³-hybridized carbons (Fsp3) is 1.00. The fourth-order valence-electron chi connectivity index (χ4n) is 3.37. The first kappa shape index (κ1) is 18.0. The molecule has 0 radical (unpaired) electrons. The van der Waals surface area contributed by atoms with Crippen LogP contribution in [0.5, 0.6) is 0 Å². The first-order chi connectivity index (χ1) is 9.77. The smallest absolute Gasteiger partial charge is 0.0195 e. The third kappa shape index (κ3) is 7.64. The maximum Gasteiger partial charge on any atom is 0.0195 e. The molecule has 1 saturated heterocycles. The van der Waals surface area contributed by atoms with Crippen LogP contribution in [0.1, 0.15) is 85.0 Å². The van der Waals surface area contributed by atoms with Crippen LogP contribution in [0.2, 0.25) is 0 Å². The highest BCUT2D eigenvalue weighted by molar-refractivity contribution is 4.78. The maximum atomic E-state index is 3.71. The zero-order valence-corrected chi connectivity index (χ0v) is 14.3. The highest BCUT2D eigenvalue weighted by Gasteiger charge is 2.19. The standard InChI is InChI=1S/C18H38N2/c1-4-6-7-8-9-12-17(3)20(15-5-2)16-18-13-10-11-14-19-18/h17-19H,4-16H2,1-3H3. The van der Waals surface area contributed by atoms with Crippen molar-refractivity contribution in [3.8, 4) is 0 Å². The van der Waals surface area contributed by atoms with Gasteiger partial charge in [0.2, 0.25) is 0 Å². The van der Waals surface area contributed by atoms with Crippen molar-refractivity contribution in [1.29, 1.82) is 0 Å². The summed E-state index contributed by atoms with van der Waals surface area (Å²) in [4.78, 5) is 2.74. The quantitative estimate of drug-likeness (QED) is 0.558. The summed E-state index contributed by atoms with van der Waals surface area (Å²) in [5.41, 5.74) is 0. The average Bonchev–Trinajstić information content (AvgIpc) is 2.47. The Kier molecular flexibility index (Phi) is 10.4. The topological polar surface area (TPSA) is 15.3 Å². The van der Waals surface area contributed by atoms with E-state index in [0.717, 1.165) is 12.1 Å². The van der Waals surface area contributed by atoms with Gasteiger partial charge in [-0.25, -0.2) is 0 Å². The number of piperidine rings is 1. The molecule has 0 aromatic carbocycles. The van der Waals surface area contributed by atoms with Crippen LogP contribution in [-0.2, 0) is 0 Å². The zero-order chi connectivity index (χ0) is 14.6. The Balaban J connectivity index is 2.23. The molecule has 1 fully saturated rings. The number of rotatable bonds is 11. The monoisotopic (exact) mass is 282 g/mol. The summed E-state index contributed by atoms with van der Waals surface area (Å²) in [6.07, 6.45) is 13.9. The highest BCUT2D eigenvalue weighted by Crippen LogP contribution is 2.15. The van der Waals surface area contributed by atoms with Gasteiger partial charge in [0, 0.05) is 18.6 Å². The van der Waals surface area contributed by atoms with Crippen molar-refractivity contribution in [2.75, 3.05) is 19.6 Å². The van der Waals surface area contributed by atoms with Crippen molar-refractivity contribution in [2.24, 2.45) is 0 Å². The van der Waals surface area contributed by atoms with Crippen LogP contribution in [0.25, 0.3) is 0 Å². The predicted octanol–water partition coefficient (Wildman–Crippen LogP) is 4.59. The lowest BCUT2D eigenvalue weighted by atomic mass is 10.0. The van der Waals surface area contributed by atoms with Crippen LogP contribution < -0.4 is 5.32 Å². The van der Waals surface area contributed by atoms with Gasteiger partial charge < -0.3 is 5.32 Å². The van der Waals surface area contributed by atoms with Crippen molar-refractivity contribution >= 4 is 0 Å². The molecule has 1 aliphatic rings. The maximum absolute atomic E-state index is 3.71. The Bertz CT molecular complexity index is 211. The minimum absolute atomic E-state index is 0.748. The van der Waals surface area contributed by atoms with Gasteiger partial charge in [0.05, 0.1) is 0 Å². The van der Waals surface area contributed by atoms with Crippen LogP contribution >= 0.6 is 0 Å². The van der Waals surface area contributed by atoms with Crippen LogP contribution in [0, 0.1) is 0 Å². The molecule has 2 atom stereocenters. The van der Waals surface area contributed by atoms with Crippen molar-refractivity contribution in [3.05, 3.63) is 0 Å². The van der Waals surface area contributed by atoms with E-state index in [2.05, 4.69) is 31.0 Å². The summed E-state index contributed by atoms with van der Waals surface area (Å²) < 4.78 is 0. The van der Waals surface area contributed by atoms with E-state index in [1.54, 1.807) is 0 Å². The first-order valence-electron chi connectivity index (χ1n) is 9.25. The second-order valence-corrected chi connectivity index (χ2v) is 6.69. The van der Waals surface area contributed by atoms with Crippen LogP contribution in [0.15, 0.2) is 0 Å². The van der Waals surface area contributed by atoms with Crippen molar-refractivity contribution in [1.82, 2.24) is 10.2 Å². The molecular weight excluding hydrogens is 244 g/mol. The predicted molar refractivity (Wildman–Crippen MR) is 90.3 cm³/mol. The number of nitrogens with one attached hydrogen (secondary N) is 1. The van der Waals surface area contributed by atoms with Gasteiger partial charge in [-0.15, -0.1) is 0 Å². The molecule has 1 rings (SSSR count). The van der Waals surface area contributed by atoms with Crippen LogP contribution in [0.4, 0.5) is 0 Å². The molecule has 0 aromatic rings. The molecule has 20 heavy (non-hydrogen) atoms. The summed E-state index contributed by atoms with van der Waals surface area (Å²) in [6, 6.07) is 1.51. The van der Waals surface area contributed by atoms with Crippen molar-refractivity contribution < 1.29 is 0 Å². The lowest BCUT2D eigenvalue weighted by molar-refractivity contribution is 0.166. The summed E-state index contributed by atoms with van der Waals surface area (Å²) in [7, 11) is 0. The van der Waals surface area contributed by atoms with E-state index in [9.17, 15) is 0 Å². The number of hydrogen-bond acceptors (Lipinski definition) is 2. The third-order valence-corrected chi connectivity index (χ3v) is 4.73. The van der Waals surface area contributed by atoms with Gasteiger partial charge in [0.25, 0.3) is 0 Å². The molecule has 2 heteroatoms. The molecule has 2 nitrogen and oxygen atoms in total. The molecule has 1 heterocycles. The molecule has 1 aliphatic heterocycles. The van der Waals surface area contributed by atoms with Gasteiger partial charge >= 0.3 is 0 Å². The normalized spacial score (nSPS) is 21.3. The van der Waals surface area contributed by atoms with Gasteiger partial charge in [-0.05, 0) is 45.7 Å². The zero-order valence-electron chi connectivity index (χ0n) is 14.3. The Labute approximate surface area is 127 Å². The summed E-state index contributed by atoms with van der Waals surface area (Å²) in [6.45, 7) is 10.8. The highest BCUT2D eigenvalue weighted by atomic mass is 15.2. The molecule has 2 unspecified atom stereocenters. The van der Waals surface area contributed by atoms with Crippen LogP contribution in [0.3, 0.4) is 0 Å². The summed E-state index contributed by atoms with van der Waals surface area (Å²) in [5, 5.41) is 3.71. The number of nitrogens with zero attached hydrogens (tertiary/aromatic N) is 1. The Morgan fingerprint density at radius 3 is 2.50 bits per heavy atom. The van der Waals surface area contributed by atoms with E-state index in [4.69, 9.17) is 0 Å². The SMILES string of the molecule is CCCCCCCC(C)N(CCC)CC1CCCCN1. The molecule has 0 aromatic heterocycles. The summed E-state index contributed by atoms with van der Waals surface area (Å²) in [5.74, 6) is 0. The number of unbranched alkanes of at least 4 members (excludes halogenated alkanes) is 4.